The number of benzene rings is 2. The predicted octanol–water partition coefficient (Wildman–Crippen LogP) is 5.79. The summed E-state index contributed by atoms with van der Waals surface area (Å²) >= 11 is 1.81. The molecule has 3 nitrogen and oxygen atoms in total. The van der Waals surface area contributed by atoms with Crippen LogP contribution >= 0.6 is 11.8 Å². The Bertz CT molecular complexity index is 740. The van der Waals surface area contributed by atoms with Crippen LogP contribution < -0.4 is 4.74 Å². The van der Waals surface area contributed by atoms with Crippen molar-refractivity contribution in [2.24, 2.45) is 0 Å². The average Bonchev–Trinajstić information content (AvgIpc) is 2.60. The lowest BCUT2D eigenvalue weighted by atomic mass is 10.0. The summed E-state index contributed by atoms with van der Waals surface area (Å²) < 4.78 is 5.30. The van der Waals surface area contributed by atoms with E-state index in [1.165, 1.54) is 40.8 Å². The molecule has 0 aliphatic rings. The van der Waals surface area contributed by atoms with E-state index in [9.17, 15) is 4.79 Å². The molecule has 0 saturated carbocycles. The van der Waals surface area contributed by atoms with Crippen LogP contribution in [0.15, 0.2) is 41.3 Å². The van der Waals surface area contributed by atoms with Gasteiger partial charge in [0.05, 0.1) is 0 Å². The van der Waals surface area contributed by atoms with E-state index in [0.29, 0.717) is 5.75 Å². The fourth-order valence-corrected chi connectivity index (χ4v) is 3.89. The molecule has 0 aromatic heterocycles. The van der Waals surface area contributed by atoms with Crippen LogP contribution in [0.3, 0.4) is 0 Å². The minimum absolute atomic E-state index is 0.308. The summed E-state index contributed by atoms with van der Waals surface area (Å²) in [5.41, 5.74) is 5.13. The zero-order valence-electron chi connectivity index (χ0n) is 15.9. The quantitative estimate of drug-likeness (QED) is 0.423. The summed E-state index contributed by atoms with van der Waals surface area (Å²) in [6, 6.07) is 12.7. The van der Waals surface area contributed by atoms with E-state index in [1.807, 2.05) is 30.8 Å². The summed E-state index contributed by atoms with van der Waals surface area (Å²) in [7, 11) is 0. The van der Waals surface area contributed by atoms with Gasteiger partial charge in [-0.05, 0) is 61.6 Å². The van der Waals surface area contributed by atoms with E-state index in [1.54, 1.807) is 0 Å². The van der Waals surface area contributed by atoms with Crippen molar-refractivity contribution in [2.45, 2.75) is 57.1 Å². The molecule has 0 unspecified atom stereocenters. The first-order valence-corrected chi connectivity index (χ1v) is 10.1. The lowest BCUT2D eigenvalue weighted by molar-refractivity contribution is -0.139. The molecule has 0 atom stereocenters. The molecule has 0 aliphatic carbocycles. The third-order valence-corrected chi connectivity index (χ3v) is 5.35. The van der Waals surface area contributed by atoms with Crippen molar-refractivity contribution < 1.29 is 14.6 Å². The fourth-order valence-electron chi connectivity index (χ4n) is 2.87. The number of carboxylic acids is 1. The fraction of sp³-hybridized carbons (Fsp3) is 0.409. The molecule has 0 saturated heterocycles. The smallest absolute Gasteiger partial charge is 0.341 e. The molecule has 4 heteroatoms. The molecule has 2 aromatic rings. The summed E-state index contributed by atoms with van der Waals surface area (Å²) in [6.45, 7) is 6.02. The van der Waals surface area contributed by atoms with Gasteiger partial charge in [0, 0.05) is 10.6 Å². The lowest BCUT2D eigenvalue weighted by Crippen LogP contribution is -2.09. The molecule has 0 aliphatic heterocycles. The Morgan fingerprint density at radius 3 is 2.58 bits per heavy atom. The Morgan fingerprint density at radius 2 is 1.88 bits per heavy atom. The second-order valence-corrected chi connectivity index (χ2v) is 7.68. The summed E-state index contributed by atoms with van der Waals surface area (Å²) in [6.07, 6.45) is 4.90. The number of aryl methyl sites for hydroxylation is 3. The van der Waals surface area contributed by atoms with Crippen LogP contribution in [0.2, 0.25) is 0 Å². The van der Waals surface area contributed by atoms with Crippen molar-refractivity contribution in [1.29, 1.82) is 0 Å². The highest BCUT2D eigenvalue weighted by Crippen LogP contribution is 2.29. The lowest BCUT2D eigenvalue weighted by Gasteiger charge is -2.12. The predicted molar refractivity (Wildman–Crippen MR) is 108 cm³/mol. The molecule has 2 aromatic carbocycles. The highest BCUT2D eigenvalue weighted by molar-refractivity contribution is 7.98. The molecule has 0 radical (unpaired) electrons. The summed E-state index contributed by atoms with van der Waals surface area (Å²) in [5.74, 6) is 0.614. The number of carboxylic acid groups (broad SMARTS) is 1. The van der Waals surface area contributed by atoms with Gasteiger partial charge in [0.2, 0.25) is 0 Å². The zero-order valence-corrected chi connectivity index (χ0v) is 16.7. The Labute approximate surface area is 160 Å². The molecule has 0 amide bonds. The number of hydrogen-bond donors (Lipinski definition) is 1. The van der Waals surface area contributed by atoms with Crippen molar-refractivity contribution >= 4 is 17.7 Å². The van der Waals surface area contributed by atoms with Gasteiger partial charge in [0.1, 0.15) is 5.75 Å². The van der Waals surface area contributed by atoms with Gasteiger partial charge in [-0.1, -0.05) is 43.5 Å². The first kappa shape index (κ1) is 20.4. The van der Waals surface area contributed by atoms with Crippen molar-refractivity contribution in [2.75, 3.05) is 6.61 Å². The van der Waals surface area contributed by atoms with E-state index in [-0.39, 0.29) is 6.61 Å². The monoisotopic (exact) mass is 372 g/mol. The molecular formula is C22H28O3S. The first-order chi connectivity index (χ1) is 12.5. The van der Waals surface area contributed by atoms with E-state index >= 15 is 0 Å². The van der Waals surface area contributed by atoms with Crippen molar-refractivity contribution in [3.05, 3.63) is 58.7 Å². The van der Waals surface area contributed by atoms with Crippen LogP contribution in [0.1, 0.15) is 48.4 Å². The van der Waals surface area contributed by atoms with Crippen LogP contribution in [-0.2, 0) is 17.0 Å². The van der Waals surface area contributed by atoms with E-state index in [0.717, 1.165) is 17.7 Å². The number of hydrogen-bond acceptors (Lipinski definition) is 3. The number of ether oxygens (including phenoxy) is 1. The number of aliphatic carboxylic acids is 1. The average molecular weight is 373 g/mol. The Morgan fingerprint density at radius 1 is 1.08 bits per heavy atom. The number of unbranched alkanes of at least 4 members (excludes halogenated alkanes) is 2. The van der Waals surface area contributed by atoms with Gasteiger partial charge in [-0.25, -0.2) is 4.79 Å². The van der Waals surface area contributed by atoms with Gasteiger partial charge < -0.3 is 9.84 Å². The van der Waals surface area contributed by atoms with Crippen molar-refractivity contribution in [3.63, 3.8) is 0 Å². The van der Waals surface area contributed by atoms with Crippen molar-refractivity contribution in [1.82, 2.24) is 0 Å². The van der Waals surface area contributed by atoms with Crippen LogP contribution in [-0.4, -0.2) is 17.7 Å². The third kappa shape index (κ3) is 6.41. The van der Waals surface area contributed by atoms with Crippen LogP contribution in [0, 0.1) is 13.8 Å². The minimum atomic E-state index is -0.960. The summed E-state index contributed by atoms with van der Waals surface area (Å²) in [5, 5.41) is 8.73. The van der Waals surface area contributed by atoms with Gasteiger partial charge in [-0.15, -0.1) is 11.8 Å². The van der Waals surface area contributed by atoms with Gasteiger partial charge in [0.25, 0.3) is 0 Å². The minimum Gasteiger partial charge on any atom is -0.482 e. The first-order valence-electron chi connectivity index (χ1n) is 9.16. The van der Waals surface area contributed by atoms with Crippen molar-refractivity contribution in [3.8, 4) is 5.75 Å². The molecular weight excluding hydrogens is 344 g/mol. The topological polar surface area (TPSA) is 46.5 Å². The molecule has 0 heterocycles. The maximum atomic E-state index is 10.6. The largest absolute Gasteiger partial charge is 0.482 e. The van der Waals surface area contributed by atoms with Crippen LogP contribution in [0.25, 0.3) is 0 Å². The molecule has 0 bridgehead atoms. The maximum Gasteiger partial charge on any atom is 0.341 e. The highest BCUT2D eigenvalue weighted by atomic mass is 32.2. The van der Waals surface area contributed by atoms with Crippen LogP contribution in [0.5, 0.6) is 5.75 Å². The van der Waals surface area contributed by atoms with E-state index in [4.69, 9.17) is 9.84 Å². The van der Waals surface area contributed by atoms with Gasteiger partial charge >= 0.3 is 5.97 Å². The third-order valence-electron chi connectivity index (χ3n) is 4.30. The normalized spacial score (nSPS) is 10.7. The molecule has 2 rings (SSSR count). The van der Waals surface area contributed by atoms with E-state index in [2.05, 4.69) is 38.1 Å². The summed E-state index contributed by atoms with van der Waals surface area (Å²) in [4.78, 5) is 11.8. The van der Waals surface area contributed by atoms with Crippen LogP contribution in [0.4, 0.5) is 0 Å². The zero-order chi connectivity index (χ0) is 18.9. The number of rotatable bonds is 10. The second-order valence-electron chi connectivity index (χ2n) is 6.63. The van der Waals surface area contributed by atoms with E-state index < -0.39 is 5.97 Å². The Balaban J connectivity index is 2.02. The number of thioether (sulfide) groups is 1. The number of carbonyl (C=O) groups is 1. The van der Waals surface area contributed by atoms with Gasteiger partial charge in [-0.3, -0.25) is 0 Å². The van der Waals surface area contributed by atoms with Gasteiger partial charge in [0.15, 0.2) is 6.61 Å². The van der Waals surface area contributed by atoms with Gasteiger partial charge in [-0.2, -0.15) is 0 Å². The molecule has 0 fully saturated rings. The maximum absolute atomic E-state index is 10.6. The second kappa shape index (κ2) is 10.3. The molecule has 0 spiro atoms. The molecule has 1 N–H and O–H groups in total. The SMILES string of the molecule is CCCCCc1ccc(C)cc1CSc1ccc(OCC(=O)O)c(C)c1. The molecule has 26 heavy (non-hydrogen) atoms. The Kier molecular flexibility index (Phi) is 8.05. The standard InChI is InChI=1S/C22H28O3S/c1-4-5-6-7-18-9-8-16(2)12-19(18)15-26-20-10-11-21(17(3)13-20)25-14-22(23)24/h8-13H,4-7,14-15H2,1-3H3,(H,23,24). The highest BCUT2D eigenvalue weighted by Gasteiger charge is 2.07. The molecule has 140 valence electrons. The Hall–Kier alpha value is -1.94.